The van der Waals surface area contributed by atoms with E-state index in [1.165, 1.54) is 17.3 Å². The summed E-state index contributed by atoms with van der Waals surface area (Å²) >= 11 is 1.45. The number of thioether (sulfide) groups is 1. The van der Waals surface area contributed by atoms with Crippen LogP contribution in [0.2, 0.25) is 0 Å². The molecule has 1 heterocycles. The van der Waals surface area contributed by atoms with Crippen LogP contribution in [-0.2, 0) is 22.7 Å². The highest BCUT2D eigenvalue weighted by Crippen LogP contribution is 2.30. The van der Waals surface area contributed by atoms with Crippen LogP contribution in [0.1, 0.15) is 34.8 Å². The third kappa shape index (κ3) is 5.64. The lowest BCUT2D eigenvalue weighted by Gasteiger charge is -2.24. The maximum Gasteiger partial charge on any atom is 0.276 e. The van der Waals surface area contributed by atoms with Gasteiger partial charge in [-0.05, 0) is 34.7 Å². The molecule has 2 amide bonds. The van der Waals surface area contributed by atoms with Crippen LogP contribution in [0.5, 0.6) is 0 Å². The summed E-state index contributed by atoms with van der Waals surface area (Å²) in [5.41, 5.74) is 7.25. The molecule has 170 valence electrons. The quantitative estimate of drug-likeness (QED) is 0.477. The molecule has 5 nitrogen and oxygen atoms in total. The average Bonchev–Trinajstić information content (AvgIpc) is 3.35. The zero-order valence-corrected chi connectivity index (χ0v) is 19.5. The first-order valence-corrected chi connectivity index (χ1v) is 12.3. The van der Waals surface area contributed by atoms with Gasteiger partial charge >= 0.3 is 0 Å². The van der Waals surface area contributed by atoms with Gasteiger partial charge < -0.3 is 4.90 Å². The SMILES string of the molecule is CCCc1ccc(-c2ccccc2C(=O)N2CCS[C@H]2C(=O)NOCc2ccccc2)cc1. The van der Waals surface area contributed by atoms with E-state index in [0.717, 1.165) is 29.5 Å². The van der Waals surface area contributed by atoms with Crippen molar-refractivity contribution in [2.45, 2.75) is 31.7 Å². The van der Waals surface area contributed by atoms with Crippen LogP contribution in [-0.4, -0.2) is 34.4 Å². The highest BCUT2D eigenvalue weighted by Gasteiger charge is 2.36. The van der Waals surface area contributed by atoms with Gasteiger partial charge in [-0.15, -0.1) is 11.8 Å². The number of benzene rings is 3. The smallest absolute Gasteiger partial charge is 0.276 e. The Bertz CT molecular complexity index is 1090. The van der Waals surface area contributed by atoms with E-state index in [9.17, 15) is 9.59 Å². The van der Waals surface area contributed by atoms with Gasteiger partial charge in [0.05, 0.1) is 6.61 Å². The maximum atomic E-state index is 13.5. The summed E-state index contributed by atoms with van der Waals surface area (Å²) in [4.78, 5) is 33.3. The number of nitrogens with one attached hydrogen (secondary N) is 1. The van der Waals surface area contributed by atoms with Gasteiger partial charge in [0, 0.05) is 17.9 Å². The lowest BCUT2D eigenvalue weighted by Crippen LogP contribution is -2.44. The molecule has 1 N–H and O–H groups in total. The van der Waals surface area contributed by atoms with Crippen molar-refractivity contribution in [3.05, 3.63) is 95.6 Å². The van der Waals surface area contributed by atoms with E-state index in [4.69, 9.17) is 4.84 Å². The summed E-state index contributed by atoms with van der Waals surface area (Å²) in [5.74, 6) is 0.246. The summed E-state index contributed by atoms with van der Waals surface area (Å²) < 4.78 is 0. The van der Waals surface area contributed by atoms with Gasteiger partial charge in [0.25, 0.3) is 11.8 Å². The van der Waals surface area contributed by atoms with E-state index >= 15 is 0 Å². The Hall–Kier alpha value is -3.09. The Balaban J connectivity index is 1.46. The second kappa shape index (κ2) is 11.2. The number of nitrogens with zero attached hydrogens (tertiary/aromatic N) is 1. The highest BCUT2D eigenvalue weighted by molar-refractivity contribution is 8.00. The van der Waals surface area contributed by atoms with E-state index < -0.39 is 5.37 Å². The fourth-order valence-electron chi connectivity index (χ4n) is 3.93. The molecule has 0 unspecified atom stereocenters. The van der Waals surface area contributed by atoms with Gasteiger partial charge in [-0.1, -0.05) is 86.1 Å². The molecule has 3 aromatic rings. The van der Waals surface area contributed by atoms with Crippen molar-refractivity contribution in [3.8, 4) is 11.1 Å². The van der Waals surface area contributed by atoms with Crippen molar-refractivity contribution in [2.75, 3.05) is 12.3 Å². The number of hydrogen-bond donors (Lipinski definition) is 1. The number of aryl methyl sites for hydroxylation is 1. The van der Waals surface area contributed by atoms with E-state index in [-0.39, 0.29) is 18.4 Å². The number of hydrogen-bond acceptors (Lipinski definition) is 4. The van der Waals surface area contributed by atoms with Crippen molar-refractivity contribution in [1.29, 1.82) is 0 Å². The predicted octanol–water partition coefficient (Wildman–Crippen LogP) is 5.07. The first kappa shape index (κ1) is 23.1. The summed E-state index contributed by atoms with van der Waals surface area (Å²) in [6.45, 7) is 2.95. The topological polar surface area (TPSA) is 58.6 Å². The largest absolute Gasteiger partial charge is 0.317 e. The third-order valence-corrected chi connectivity index (χ3v) is 6.79. The minimum atomic E-state index is -0.617. The molecular weight excluding hydrogens is 432 g/mol. The van der Waals surface area contributed by atoms with Crippen molar-refractivity contribution >= 4 is 23.6 Å². The third-order valence-electron chi connectivity index (χ3n) is 5.59. The predicted molar refractivity (Wildman–Crippen MR) is 133 cm³/mol. The average molecular weight is 461 g/mol. The molecule has 0 saturated carbocycles. The molecule has 1 fully saturated rings. The van der Waals surface area contributed by atoms with Crippen LogP contribution in [0, 0.1) is 0 Å². The minimum Gasteiger partial charge on any atom is -0.317 e. The second-order valence-electron chi connectivity index (χ2n) is 7.95. The minimum absolute atomic E-state index is 0.142. The Morgan fingerprint density at radius 1 is 0.970 bits per heavy atom. The van der Waals surface area contributed by atoms with Crippen LogP contribution >= 0.6 is 11.8 Å². The van der Waals surface area contributed by atoms with Gasteiger partial charge in [-0.3, -0.25) is 14.4 Å². The molecular formula is C27H28N2O3S. The standard InChI is InChI=1S/C27H28N2O3S/c1-2-8-20-13-15-22(16-14-20)23-11-6-7-12-24(23)26(31)29-17-18-33-27(29)25(30)28-32-19-21-9-4-3-5-10-21/h3-7,9-16,27H,2,8,17-19H2,1H3,(H,28,30)/t27-/m0/s1. The van der Waals surface area contributed by atoms with E-state index in [1.807, 2.05) is 54.6 Å². The summed E-state index contributed by atoms with van der Waals surface area (Å²) in [7, 11) is 0. The van der Waals surface area contributed by atoms with Crippen LogP contribution in [0.25, 0.3) is 11.1 Å². The lowest BCUT2D eigenvalue weighted by atomic mass is 9.97. The summed E-state index contributed by atoms with van der Waals surface area (Å²) in [5, 5.41) is -0.617. The lowest BCUT2D eigenvalue weighted by molar-refractivity contribution is -0.136. The zero-order chi connectivity index (χ0) is 23.0. The molecule has 0 bridgehead atoms. The molecule has 1 saturated heterocycles. The zero-order valence-electron chi connectivity index (χ0n) is 18.7. The molecule has 0 radical (unpaired) electrons. The highest BCUT2D eigenvalue weighted by atomic mass is 32.2. The van der Waals surface area contributed by atoms with Gasteiger partial charge in [0.15, 0.2) is 5.37 Å². The van der Waals surface area contributed by atoms with Crippen molar-refractivity contribution in [3.63, 3.8) is 0 Å². The number of amides is 2. The monoisotopic (exact) mass is 460 g/mol. The number of rotatable bonds is 8. The Morgan fingerprint density at radius 2 is 1.70 bits per heavy atom. The van der Waals surface area contributed by atoms with Crippen molar-refractivity contribution in [1.82, 2.24) is 10.4 Å². The molecule has 33 heavy (non-hydrogen) atoms. The Kier molecular flexibility index (Phi) is 7.81. The van der Waals surface area contributed by atoms with Crippen LogP contribution < -0.4 is 5.48 Å². The van der Waals surface area contributed by atoms with Gasteiger partial charge in [0.1, 0.15) is 0 Å². The molecule has 6 heteroatoms. The second-order valence-corrected chi connectivity index (χ2v) is 9.14. The Morgan fingerprint density at radius 3 is 2.45 bits per heavy atom. The van der Waals surface area contributed by atoms with E-state index in [0.29, 0.717) is 17.9 Å². The molecule has 4 rings (SSSR count). The molecule has 0 aromatic heterocycles. The maximum absolute atomic E-state index is 13.5. The van der Waals surface area contributed by atoms with E-state index in [2.05, 4.69) is 36.7 Å². The molecule has 1 aliphatic heterocycles. The first-order chi connectivity index (χ1) is 16.2. The van der Waals surface area contributed by atoms with E-state index in [1.54, 1.807) is 4.90 Å². The molecule has 1 atom stereocenters. The molecule has 0 spiro atoms. The van der Waals surface area contributed by atoms with Gasteiger partial charge in [-0.25, -0.2) is 5.48 Å². The molecule has 3 aromatic carbocycles. The van der Waals surface area contributed by atoms with Gasteiger partial charge in [-0.2, -0.15) is 0 Å². The summed E-state index contributed by atoms with van der Waals surface area (Å²) in [6.07, 6.45) is 2.13. The molecule has 1 aliphatic rings. The molecule has 0 aliphatic carbocycles. The number of carbonyl (C=O) groups excluding carboxylic acids is 2. The fourth-order valence-corrected chi connectivity index (χ4v) is 5.03. The normalized spacial score (nSPS) is 15.4. The fraction of sp³-hybridized carbons (Fsp3) is 0.259. The Labute approximate surface area is 199 Å². The van der Waals surface area contributed by atoms with Crippen molar-refractivity contribution < 1.29 is 14.4 Å². The van der Waals surface area contributed by atoms with Gasteiger partial charge in [0.2, 0.25) is 0 Å². The van der Waals surface area contributed by atoms with Crippen molar-refractivity contribution in [2.24, 2.45) is 0 Å². The summed E-state index contributed by atoms with van der Waals surface area (Å²) in [6, 6.07) is 25.6. The van der Waals surface area contributed by atoms with Crippen LogP contribution in [0.3, 0.4) is 0 Å². The first-order valence-electron chi connectivity index (χ1n) is 11.2. The number of carbonyl (C=O) groups is 2. The number of hydroxylamine groups is 1. The van der Waals surface area contributed by atoms with Crippen LogP contribution in [0.15, 0.2) is 78.9 Å². The van der Waals surface area contributed by atoms with Crippen LogP contribution in [0.4, 0.5) is 0 Å².